The maximum atomic E-state index is 13.9. The van der Waals surface area contributed by atoms with E-state index >= 15 is 0 Å². The molecule has 1 unspecified atom stereocenters. The molecule has 8 bridgehead atoms. The second kappa shape index (κ2) is 27.5. The van der Waals surface area contributed by atoms with Gasteiger partial charge < -0.3 is 37.9 Å². The predicted molar refractivity (Wildman–Crippen MR) is 283 cm³/mol. The molecule has 0 N–H and O–H groups in total. The standard InChI is InChI=1S/C57H82N5O9P.Co/c1-11-14-15-16-17-18-19-20-21-22-23-24-25-26-53(64)68-35-41(36-70-72(66,67)69-30-29-62(8,9)10)71-54(65)28-27-44-39(6)48-32-46-37(4)42(12-2)50(58-46)33-47-38(5)43(13-3)51(59-47)34-49-40(7)55-52(63)31-45(56(44)60-48)57(55)61-49;/h12,32-34,39,41,44H,2,11,13-31,35-36H2,1,3-10H3,(H2-,58,59,60,61,63,66,67);/q;+2/p-2/t39-,41+,44-;/m0./s1. The van der Waals surface area contributed by atoms with Crippen LogP contribution in [0.3, 0.4) is 0 Å². The summed E-state index contributed by atoms with van der Waals surface area (Å²) in [7, 11) is 0.933. The first-order valence-corrected chi connectivity index (χ1v) is 28.1. The monoisotopic (exact) mass is 1070 g/mol. The Hall–Kier alpha value is -4.21. The van der Waals surface area contributed by atoms with Crippen LogP contribution in [0.15, 0.2) is 24.8 Å². The number of hydrogen-bond donors (Lipinski definition) is 0. The number of esters is 2. The summed E-state index contributed by atoms with van der Waals surface area (Å²) >= 11 is 0. The number of quaternary nitrogens is 1. The molecule has 1 aliphatic carbocycles. The molecule has 3 aromatic rings. The molecule has 0 saturated heterocycles. The van der Waals surface area contributed by atoms with Gasteiger partial charge in [0, 0.05) is 48.0 Å². The van der Waals surface area contributed by atoms with E-state index in [0.29, 0.717) is 39.7 Å². The molecule has 16 heteroatoms. The molecule has 6 rings (SSSR count). The Balaban J connectivity index is 0.00000988. The summed E-state index contributed by atoms with van der Waals surface area (Å²) in [5.74, 6) is -1.66. The summed E-state index contributed by atoms with van der Waals surface area (Å²) in [5.41, 5.74) is 11.9. The zero-order valence-electron chi connectivity index (χ0n) is 45.0. The molecule has 0 fully saturated rings. The number of allylic oxidation sites excluding steroid dienone is 2. The minimum absolute atomic E-state index is 0. The molecule has 0 spiro atoms. The van der Waals surface area contributed by atoms with Crippen molar-refractivity contribution in [2.24, 2.45) is 0 Å². The van der Waals surface area contributed by atoms with Gasteiger partial charge in [0.05, 0.1) is 39.1 Å². The van der Waals surface area contributed by atoms with E-state index in [-0.39, 0.29) is 73.3 Å². The molecule has 73 heavy (non-hydrogen) atoms. The number of Topliss-reactive ketones (excluding diaryl/α,β-unsaturated/α-hetero) is 1. The van der Waals surface area contributed by atoms with E-state index in [2.05, 4.69) is 34.3 Å². The second-order valence-corrected chi connectivity index (χ2v) is 22.5. The van der Waals surface area contributed by atoms with Gasteiger partial charge in [-0.1, -0.05) is 140 Å². The van der Waals surface area contributed by atoms with Crippen LogP contribution in [0.4, 0.5) is 0 Å². The molecule has 401 valence electrons. The van der Waals surface area contributed by atoms with Gasteiger partial charge in [0.2, 0.25) is 0 Å². The third-order valence-corrected chi connectivity index (χ3v) is 15.5. The molecular weight excluding hydrogens is 989 g/mol. The van der Waals surface area contributed by atoms with E-state index in [1.165, 1.54) is 57.8 Å². The van der Waals surface area contributed by atoms with Crippen LogP contribution in [0, 0.1) is 13.8 Å². The maximum Gasteiger partial charge on any atom is 2.00 e. The zero-order valence-corrected chi connectivity index (χ0v) is 46.9. The third kappa shape index (κ3) is 16.1. The number of rotatable bonds is 29. The number of carbonyl (C=O) groups excluding carboxylic acids is 3. The molecule has 0 saturated carbocycles. The maximum absolute atomic E-state index is 13.9. The van der Waals surface area contributed by atoms with Crippen LogP contribution in [-0.2, 0) is 55.9 Å². The van der Waals surface area contributed by atoms with Gasteiger partial charge in [0.15, 0.2) is 11.9 Å². The van der Waals surface area contributed by atoms with Crippen LogP contribution in [0.25, 0.3) is 39.3 Å². The van der Waals surface area contributed by atoms with Gasteiger partial charge in [-0.05, 0) is 62.3 Å². The Kier molecular flexibility index (Phi) is 22.5. The Morgan fingerprint density at radius 1 is 0.836 bits per heavy atom. The number of hydrogen-bond acceptors (Lipinski definition) is 11. The van der Waals surface area contributed by atoms with E-state index in [4.69, 9.17) is 38.5 Å². The Morgan fingerprint density at radius 2 is 1.47 bits per heavy atom. The number of fused-ring (bicyclic) bond motifs is 8. The number of likely N-dealkylation sites (N-methyl/N-ethyl adjacent to an activating group) is 1. The predicted octanol–water partition coefficient (Wildman–Crippen LogP) is 11.7. The summed E-state index contributed by atoms with van der Waals surface area (Å²) in [6.45, 7) is 15.8. The molecule has 0 amide bonds. The summed E-state index contributed by atoms with van der Waals surface area (Å²) in [6, 6.07) is 5.95. The van der Waals surface area contributed by atoms with Crippen LogP contribution in [0.1, 0.15) is 204 Å². The van der Waals surface area contributed by atoms with Gasteiger partial charge in [-0.2, -0.15) is 0 Å². The average Bonchev–Trinajstić information content (AvgIpc) is 4.09. The molecule has 14 nitrogen and oxygen atoms in total. The van der Waals surface area contributed by atoms with E-state index in [1.807, 2.05) is 59.3 Å². The van der Waals surface area contributed by atoms with Crippen LogP contribution < -0.4 is 14.9 Å². The van der Waals surface area contributed by atoms with Crippen molar-refractivity contribution in [3.05, 3.63) is 75.4 Å². The number of nitrogens with zero attached hydrogens (tertiary/aromatic N) is 5. The van der Waals surface area contributed by atoms with E-state index < -0.39 is 32.5 Å². The number of aryl methyl sites for hydroxylation is 2. The number of carbonyl (C=O) groups is 3. The molecule has 3 aromatic heterocycles. The van der Waals surface area contributed by atoms with E-state index in [1.54, 1.807) is 0 Å². The Morgan fingerprint density at radius 3 is 2.10 bits per heavy atom. The van der Waals surface area contributed by atoms with Crippen molar-refractivity contribution in [3.63, 3.8) is 0 Å². The number of aromatic nitrogens is 4. The zero-order chi connectivity index (χ0) is 52.2. The van der Waals surface area contributed by atoms with Crippen molar-refractivity contribution in [1.29, 1.82) is 0 Å². The topological polar surface area (TPSA) is 182 Å². The fourth-order valence-corrected chi connectivity index (χ4v) is 10.8. The third-order valence-electron chi connectivity index (χ3n) is 14.5. The van der Waals surface area contributed by atoms with Gasteiger partial charge in [-0.25, -0.2) is 4.98 Å². The molecule has 3 aliphatic rings. The van der Waals surface area contributed by atoms with E-state index in [9.17, 15) is 23.8 Å². The number of phosphoric acid groups is 1. The molecule has 5 heterocycles. The van der Waals surface area contributed by atoms with Crippen molar-refractivity contribution < 1.29 is 63.6 Å². The quantitative estimate of drug-likeness (QED) is 0.0277. The van der Waals surface area contributed by atoms with Crippen LogP contribution in [0.5, 0.6) is 0 Å². The number of phosphoric ester groups is 1. The normalized spacial score (nSPS) is 16.6. The van der Waals surface area contributed by atoms with Gasteiger partial charge >= 0.3 is 28.7 Å². The Bertz CT molecular complexity index is 2680. The van der Waals surface area contributed by atoms with E-state index in [0.717, 1.165) is 87.2 Å². The van der Waals surface area contributed by atoms with Crippen molar-refractivity contribution >= 4 is 64.8 Å². The first kappa shape index (κ1) is 59.7. The van der Waals surface area contributed by atoms with Crippen molar-refractivity contribution in [2.45, 2.75) is 175 Å². The van der Waals surface area contributed by atoms with Gasteiger partial charge in [0.25, 0.3) is 7.82 Å². The molecule has 0 aromatic carbocycles. The fraction of sp³-hybridized carbons (Fsp3) is 0.596. The fourth-order valence-electron chi connectivity index (χ4n) is 10.1. The first-order chi connectivity index (χ1) is 34.3. The molecular formula is C57H80CoN5O9P. The number of unbranched alkanes of at least 4 members (excludes halogenated alkanes) is 12. The van der Waals surface area contributed by atoms with Gasteiger partial charge in [-0.15, -0.1) is 22.1 Å². The van der Waals surface area contributed by atoms with Gasteiger partial charge in [0.1, 0.15) is 19.8 Å². The molecule has 4 atom stereocenters. The van der Waals surface area contributed by atoms with Crippen LogP contribution in [-0.4, -0.2) is 85.8 Å². The average molecular weight is 1070 g/mol. The smallest absolute Gasteiger partial charge is 0.756 e. The second-order valence-electron chi connectivity index (χ2n) is 21.1. The number of ketones is 1. The SMILES string of the molecule is C=Cc1c(C)c2cc3nc(c4c5[n-]c(cc6nc(cc1[n-]2)C(C)=C6CC)c(C)c5C(=O)C4)[C@@H](CCC(=O)O[C@H](COC(=O)CCCCCCCCCCCCCCC)COP(=O)([O-])OCC[N+](C)(C)C)[C@@H]3C.[Co+2]. The summed E-state index contributed by atoms with van der Waals surface area (Å²) in [6.07, 6.45) is 17.2. The van der Waals surface area contributed by atoms with Crippen LogP contribution in [0.2, 0.25) is 0 Å². The Labute approximate surface area is 444 Å². The van der Waals surface area contributed by atoms with Gasteiger partial charge in [-0.3, -0.25) is 23.9 Å². The molecule has 1 radical (unpaired) electrons. The summed E-state index contributed by atoms with van der Waals surface area (Å²) in [5, 5.41) is 0. The number of ether oxygens (including phenoxy) is 2. The van der Waals surface area contributed by atoms with Crippen molar-refractivity contribution in [3.8, 4) is 0 Å². The first-order valence-electron chi connectivity index (χ1n) is 26.6. The largest absolute Gasteiger partial charge is 2.00 e. The summed E-state index contributed by atoms with van der Waals surface area (Å²) in [4.78, 5) is 74.0. The van der Waals surface area contributed by atoms with Crippen LogP contribution >= 0.6 is 7.82 Å². The minimum Gasteiger partial charge on any atom is -0.756 e. The van der Waals surface area contributed by atoms with Crippen molar-refractivity contribution in [2.75, 3.05) is 47.5 Å². The molecule has 2 aliphatic heterocycles. The van der Waals surface area contributed by atoms with Crippen molar-refractivity contribution in [1.82, 2.24) is 19.9 Å². The summed E-state index contributed by atoms with van der Waals surface area (Å²) < 4.78 is 35.1. The minimum atomic E-state index is -4.79.